The van der Waals surface area contributed by atoms with E-state index >= 15 is 0 Å². The molecule has 16 heavy (non-hydrogen) atoms. The predicted octanol–water partition coefficient (Wildman–Crippen LogP) is 3.26. The molecule has 1 aromatic carbocycles. The Hall–Kier alpha value is -1.53. The fourth-order valence-corrected chi connectivity index (χ4v) is 0.957. The average Bonchev–Trinajstić information content (AvgIpc) is 2.14. The van der Waals surface area contributed by atoms with Crippen LogP contribution in [0.2, 0.25) is 0 Å². The first-order chi connectivity index (χ1) is 7.37. The molecular formula is C9H8F5NO. The van der Waals surface area contributed by atoms with E-state index in [2.05, 4.69) is 10.1 Å². The van der Waals surface area contributed by atoms with Gasteiger partial charge in [-0.05, 0) is 24.3 Å². The molecule has 0 atom stereocenters. The minimum atomic E-state index is -4.32. The van der Waals surface area contributed by atoms with E-state index in [1.165, 1.54) is 12.1 Å². The Morgan fingerprint density at radius 2 is 1.69 bits per heavy atom. The lowest BCUT2D eigenvalue weighted by atomic mass is 10.3. The van der Waals surface area contributed by atoms with E-state index in [0.29, 0.717) is 0 Å². The summed E-state index contributed by atoms with van der Waals surface area (Å²) in [5.74, 6) is -0.104. The fraction of sp³-hybridized carbons (Fsp3) is 0.333. The van der Waals surface area contributed by atoms with Crippen molar-refractivity contribution < 1.29 is 26.7 Å². The van der Waals surface area contributed by atoms with Crippen molar-refractivity contribution in [3.05, 3.63) is 24.3 Å². The summed E-state index contributed by atoms with van der Waals surface area (Å²) in [5.41, 5.74) is 0.180. The number of nitrogens with one attached hydrogen (secondary N) is 1. The van der Waals surface area contributed by atoms with Gasteiger partial charge in [0.1, 0.15) is 12.3 Å². The van der Waals surface area contributed by atoms with E-state index in [4.69, 9.17) is 0 Å². The molecule has 0 fully saturated rings. The Kier molecular flexibility index (Phi) is 3.92. The van der Waals surface area contributed by atoms with Gasteiger partial charge in [0.05, 0.1) is 0 Å². The molecule has 0 saturated carbocycles. The number of ether oxygens (including phenoxy) is 1. The summed E-state index contributed by atoms with van der Waals surface area (Å²) < 4.78 is 62.9. The lowest BCUT2D eigenvalue weighted by Gasteiger charge is -2.10. The Bertz CT molecular complexity index is 322. The van der Waals surface area contributed by atoms with Gasteiger partial charge in [-0.25, -0.2) is 0 Å². The van der Waals surface area contributed by atoms with E-state index in [0.717, 1.165) is 12.1 Å². The van der Waals surface area contributed by atoms with E-state index in [1.807, 2.05) is 0 Å². The van der Waals surface area contributed by atoms with E-state index in [9.17, 15) is 22.0 Å². The second kappa shape index (κ2) is 5.00. The van der Waals surface area contributed by atoms with Crippen molar-refractivity contribution in [2.75, 3.05) is 11.9 Å². The van der Waals surface area contributed by atoms with Crippen LogP contribution in [0.1, 0.15) is 0 Å². The van der Waals surface area contributed by atoms with Gasteiger partial charge in [0, 0.05) is 5.69 Å². The van der Waals surface area contributed by atoms with E-state index in [1.54, 1.807) is 0 Å². The topological polar surface area (TPSA) is 21.3 Å². The molecule has 0 heterocycles. The van der Waals surface area contributed by atoms with Crippen LogP contribution in [0.4, 0.5) is 27.6 Å². The molecule has 0 aromatic heterocycles. The maximum atomic E-state index is 11.8. The van der Waals surface area contributed by atoms with Crippen LogP contribution in [0.25, 0.3) is 0 Å². The summed E-state index contributed by atoms with van der Waals surface area (Å²) in [6, 6.07) is 4.77. The Balaban J connectivity index is 2.51. The van der Waals surface area contributed by atoms with Crippen molar-refractivity contribution >= 4 is 5.69 Å². The molecule has 2 nitrogen and oxygen atoms in total. The van der Waals surface area contributed by atoms with Gasteiger partial charge in [0.15, 0.2) is 0 Å². The summed E-state index contributed by atoms with van der Waals surface area (Å²) in [6.07, 6.45) is -4.32. The van der Waals surface area contributed by atoms with E-state index < -0.39 is 19.3 Å². The van der Waals surface area contributed by atoms with Crippen LogP contribution in [0.3, 0.4) is 0 Å². The van der Waals surface area contributed by atoms with Gasteiger partial charge in [0.25, 0.3) is 0 Å². The van der Waals surface area contributed by atoms with Crippen molar-refractivity contribution in [3.8, 4) is 5.75 Å². The van der Waals surface area contributed by atoms with Gasteiger partial charge in [-0.15, -0.1) is 0 Å². The lowest BCUT2D eigenvalue weighted by molar-refractivity contribution is -0.115. The molecular weight excluding hydrogens is 233 g/mol. The summed E-state index contributed by atoms with van der Waals surface area (Å²) in [5, 5.41) is 2.10. The highest BCUT2D eigenvalue weighted by Crippen LogP contribution is 2.20. The van der Waals surface area contributed by atoms with Crippen molar-refractivity contribution in [1.29, 1.82) is 0 Å². The van der Waals surface area contributed by atoms with Crippen LogP contribution < -0.4 is 10.1 Å². The van der Waals surface area contributed by atoms with Crippen LogP contribution in [0.5, 0.6) is 5.75 Å². The summed E-state index contributed by atoms with van der Waals surface area (Å²) >= 11 is 0. The minimum Gasteiger partial charge on any atom is -0.435 e. The number of anilines is 1. The minimum absolute atomic E-state index is 0.104. The third-order valence-corrected chi connectivity index (χ3v) is 1.57. The zero-order valence-electron chi connectivity index (χ0n) is 7.89. The highest BCUT2D eigenvalue weighted by atomic mass is 19.4. The first-order valence-corrected chi connectivity index (χ1v) is 4.22. The normalized spacial score (nSPS) is 11.6. The quantitative estimate of drug-likeness (QED) is 0.817. The van der Waals surface area contributed by atoms with Crippen LogP contribution in [0.15, 0.2) is 24.3 Å². The lowest BCUT2D eigenvalue weighted by Crippen LogP contribution is -2.21. The first kappa shape index (κ1) is 12.5. The van der Waals surface area contributed by atoms with E-state index in [-0.39, 0.29) is 11.4 Å². The number of benzene rings is 1. The number of alkyl halides is 5. The SMILES string of the molecule is FC(F)Oc1ccc(NCC(F)(F)F)cc1. The maximum Gasteiger partial charge on any atom is 0.405 e. The molecule has 0 spiro atoms. The molecule has 1 aromatic rings. The molecule has 1 rings (SSSR count). The number of hydrogen-bond acceptors (Lipinski definition) is 2. The molecule has 7 heteroatoms. The first-order valence-electron chi connectivity index (χ1n) is 4.22. The highest BCUT2D eigenvalue weighted by molar-refractivity contribution is 5.46. The van der Waals surface area contributed by atoms with Crippen LogP contribution >= 0.6 is 0 Å². The Morgan fingerprint density at radius 1 is 1.12 bits per heavy atom. The number of hydrogen-bond donors (Lipinski definition) is 1. The maximum absolute atomic E-state index is 11.8. The summed E-state index contributed by atoms with van der Waals surface area (Å²) in [6.45, 7) is -4.13. The zero-order chi connectivity index (χ0) is 12.2. The van der Waals surface area contributed by atoms with Crippen molar-refractivity contribution in [3.63, 3.8) is 0 Å². The fourth-order valence-electron chi connectivity index (χ4n) is 0.957. The third kappa shape index (κ3) is 4.81. The molecule has 0 amide bonds. The number of halogens is 5. The third-order valence-electron chi connectivity index (χ3n) is 1.57. The van der Waals surface area contributed by atoms with Gasteiger partial charge in [-0.3, -0.25) is 0 Å². The molecule has 0 bridgehead atoms. The molecule has 1 N–H and O–H groups in total. The Labute approximate surface area is 88.0 Å². The van der Waals surface area contributed by atoms with Gasteiger partial charge in [-0.2, -0.15) is 22.0 Å². The number of rotatable bonds is 4. The van der Waals surface area contributed by atoms with Gasteiger partial charge in [0.2, 0.25) is 0 Å². The van der Waals surface area contributed by atoms with Gasteiger partial charge < -0.3 is 10.1 Å². The molecule has 0 saturated heterocycles. The standard InChI is InChI=1S/C9H8F5NO/c10-8(11)16-7-3-1-6(2-4-7)15-5-9(12,13)14/h1-4,8,15H,5H2. The second-order valence-electron chi connectivity index (χ2n) is 2.87. The molecule has 90 valence electrons. The van der Waals surface area contributed by atoms with Gasteiger partial charge >= 0.3 is 12.8 Å². The molecule has 0 aliphatic heterocycles. The predicted molar refractivity (Wildman–Crippen MR) is 47.6 cm³/mol. The molecule has 0 aliphatic carbocycles. The Morgan fingerprint density at radius 3 is 2.12 bits per heavy atom. The van der Waals surface area contributed by atoms with Crippen molar-refractivity contribution in [2.45, 2.75) is 12.8 Å². The highest BCUT2D eigenvalue weighted by Gasteiger charge is 2.26. The molecule has 0 radical (unpaired) electrons. The zero-order valence-corrected chi connectivity index (χ0v) is 7.89. The smallest absolute Gasteiger partial charge is 0.405 e. The summed E-state index contributed by atoms with van der Waals surface area (Å²) in [4.78, 5) is 0. The average molecular weight is 241 g/mol. The van der Waals surface area contributed by atoms with Crippen LogP contribution in [-0.4, -0.2) is 19.3 Å². The van der Waals surface area contributed by atoms with Gasteiger partial charge in [-0.1, -0.05) is 0 Å². The monoisotopic (exact) mass is 241 g/mol. The molecule has 0 unspecified atom stereocenters. The summed E-state index contributed by atoms with van der Waals surface area (Å²) in [7, 11) is 0. The van der Waals surface area contributed by atoms with Crippen molar-refractivity contribution in [2.24, 2.45) is 0 Å². The molecule has 0 aliphatic rings. The second-order valence-corrected chi connectivity index (χ2v) is 2.87. The van der Waals surface area contributed by atoms with Crippen LogP contribution in [-0.2, 0) is 0 Å². The van der Waals surface area contributed by atoms with Crippen LogP contribution in [0, 0.1) is 0 Å². The largest absolute Gasteiger partial charge is 0.435 e. The van der Waals surface area contributed by atoms with Crippen molar-refractivity contribution in [1.82, 2.24) is 0 Å².